The van der Waals surface area contributed by atoms with E-state index in [4.69, 9.17) is 21.7 Å². The lowest BCUT2D eigenvalue weighted by Gasteiger charge is -2.29. The Kier molecular flexibility index (Phi) is 6.87. The number of amides is 1. The standard InChI is InChI=1S/C23H27N5O3S/c1-16-15-18(27-11-13-31-14-12-27)5-8-20(16)24-21(29)9-10-28-22(25-26-23(28)32)17-3-6-19(30-2)7-4-17/h3-8,15H,9-14H2,1-2H3,(H,24,29)(H,26,32). The molecule has 3 aromatic rings. The summed E-state index contributed by atoms with van der Waals surface area (Å²) in [6, 6.07) is 13.7. The highest BCUT2D eigenvalue weighted by Gasteiger charge is 2.14. The maximum Gasteiger partial charge on any atom is 0.226 e. The molecule has 0 saturated carbocycles. The molecule has 1 amide bonds. The predicted molar refractivity (Wildman–Crippen MR) is 127 cm³/mol. The summed E-state index contributed by atoms with van der Waals surface area (Å²) in [6.07, 6.45) is 0.279. The van der Waals surface area contributed by atoms with Crippen LogP contribution in [0.15, 0.2) is 42.5 Å². The number of rotatable bonds is 7. The van der Waals surface area contributed by atoms with Crippen molar-refractivity contribution in [2.45, 2.75) is 19.9 Å². The fourth-order valence-corrected chi connectivity index (χ4v) is 3.94. The summed E-state index contributed by atoms with van der Waals surface area (Å²) in [5, 5.41) is 10.2. The van der Waals surface area contributed by atoms with E-state index in [2.05, 4.69) is 26.5 Å². The van der Waals surface area contributed by atoms with Gasteiger partial charge in [-0.3, -0.25) is 14.5 Å². The lowest BCUT2D eigenvalue weighted by molar-refractivity contribution is -0.116. The van der Waals surface area contributed by atoms with Crippen LogP contribution in [0.1, 0.15) is 12.0 Å². The van der Waals surface area contributed by atoms with Gasteiger partial charge < -0.3 is 19.7 Å². The van der Waals surface area contributed by atoms with Crippen LogP contribution in [-0.4, -0.2) is 54.1 Å². The Balaban J connectivity index is 1.40. The van der Waals surface area contributed by atoms with Crippen LogP contribution in [0.5, 0.6) is 5.75 Å². The number of aryl methyl sites for hydroxylation is 1. The number of H-pyrrole nitrogens is 1. The molecule has 0 radical (unpaired) electrons. The zero-order valence-electron chi connectivity index (χ0n) is 18.3. The lowest BCUT2D eigenvalue weighted by Crippen LogP contribution is -2.36. The van der Waals surface area contributed by atoms with Gasteiger partial charge in [0, 0.05) is 43.0 Å². The van der Waals surface area contributed by atoms with Crippen LogP contribution < -0.4 is 15.0 Å². The number of anilines is 2. The quantitative estimate of drug-likeness (QED) is 0.530. The Morgan fingerprint density at radius 1 is 1.22 bits per heavy atom. The Morgan fingerprint density at radius 2 is 1.97 bits per heavy atom. The number of hydrogen-bond acceptors (Lipinski definition) is 6. The van der Waals surface area contributed by atoms with E-state index in [1.165, 1.54) is 0 Å². The summed E-state index contributed by atoms with van der Waals surface area (Å²) in [4.78, 5) is 15.0. The van der Waals surface area contributed by atoms with Crippen molar-refractivity contribution in [3.8, 4) is 17.1 Å². The number of carbonyl (C=O) groups excluding carboxylic acids is 1. The Labute approximate surface area is 192 Å². The molecule has 8 nitrogen and oxygen atoms in total. The third kappa shape index (κ3) is 5.00. The number of nitrogens with zero attached hydrogens (tertiary/aromatic N) is 3. The van der Waals surface area contributed by atoms with Gasteiger partial charge in [0.2, 0.25) is 5.91 Å². The van der Waals surface area contributed by atoms with Gasteiger partial charge in [-0.05, 0) is 67.2 Å². The number of methoxy groups -OCH3 is 1. The van der Waals surface area contributed by atoms with Gasteiger partial charge in [-0.25, -0.2) is 0 Å². The monoisotopic (exact) mass is 453 g/mol. The van der Waals surface area contributed by atoms with Crippen LogP contribution in [0.2, 0.25) is 0 Å². The maximum absolute atomic E-state index is 12.7. The Bertz CT molecular complexity index is 1130. The van der Waals surface area contributed by atoms with Crippen LogP contribution in [0.3, 0.4) is 0 Å². The summed E-state index contributed by atoms with van der Waals surface area (Å²) < 4.78 is 13.0. The molecule has 0 spiro atoms. The number of benzene rings is 2. The fourth-order valence-electron chi connectivity index (χ4n) is 3.72. The summed E-state index contributed by atoms with van der Waals surface area (Å²) in [6.45, 7) is 5.68. The molecule has 0 atom stereocenters. The fraction of sp³-hybridized carbons (Fsp3) is 0.348. The molecule has 1 saturated heterocycles. The maximum atomic E-state index is 12.7. The van der Waals surface area contributed by atoms with Crippen molar-refractivity contribution >= 4 is 29.5 Å². The topological polar surface area (TPSA) is 84.4 Å². The number of hydrogen-bond donors (Lipinski definition) is 2. The Hall–Kier alpha value is -3.17. The molecule has 1 fully saturated rings. The molecule has 0 aliphatic carbocycles. The van der Waals surface area contributed by atoms with E-state index >= 15 is 0 Å². The molecule has 2 heterocycles. The van der Waals surface area contributed by atoms with E-state index in [1.807, 2.05) is 47.9 Å². The van der Waals surface area contributed by atoms with Crippen LogP contribution >= 0.6 is 12.2 Å². The molecule has 1 aliphatic rings. The molecule has 4 rings (SSSR count). The average Bonchev–Trinajstić information content (AvgIpc) is 3.20. The van der Waals surface area contributed by atoms with Gasteiger partial charge in [-0.15, -0.1) is 0 Å². The van der Waals surface area contributed by atoms with Crippen molar-refractivity contribution < 1.29 is 14.3 Å². The van der Waals surface area contributed by atoms with Crippen LogP contribution in [0, 0.1) is 11.7 Å². The second kappa shape index (κ2) is 9.97. The number of aromatic amines is 1. The molecular formula is C23H27N5O3S. The van der Waals surface area contributed by atoms with Gasteiger partial charge >= 0.3 is 0 Å². The molecule has 32 heavy (non-hydrogen) atoms. The predicted octanol–water partition coefficient (Wildman–Crippen LogP) is 3.79. The van der Waals surface area contributed by atoms with Crippen LogP contribution in [0.4, 0.5) is 11.4 Å². The zero-order valence-corrected chi connectivity index (χ0v) is 19.1. The first-order valence-corrected chi connectivity index (χ1v) is 11.0. The second-order valence-electron chi connectivity index (χ2n) is 7.63. The minimum Gasteiger partial charge on any atom is -0.497 e. The van der Waals surface area contributed by atoms with Crippen LogP contribution in [-0.2, 0) is 16.1 Å². The normalized spacial score (nSPS) is 13.8. The Morgan fingerprint density at radius 3 is 2.66 bits per heavy atom. The highest BCUT2D eigenvalue weighted by Crippen LogP contribution is 2.24. The SMILES string of the molecule is COc1ccc(-c2n[nH]c(=S)n2CCC(=O)Nc2ccc(N3CCOCC3)cc2C)cc1. The van der Waals surface area contributed by atoms with Gasteiger partial charge in [-0.2, -0.15) is 5.10 Å². The number of ether oxygens (including phenoxy) is 2. The molecule has 0 unspecified atom stereocenters. The average molecular weight is 454 g/mol. The summed E-state index contributed by atoms with van der Waals surface area (Å²) in [5.41, 5.74) is 3.89. The zero-order chi connectivity index (χ0) is 22.5. The smallest absolute Gasteiger partial charge is 0.226 e. The molecule has 0 bridgehead atoms. The van der Waals surface area contributed by atoms with E-state index in [-0.39, 0.29) is 12.3 Å². The first-order valence-electron chi connectivity index (χ1n) is 10.6. The molecule has 168 valence electrons. The second-order valence-corrected chi connectivity index (χ2v) is 8.02. The van der Waals surface area contributed by atoms with Crippen molar-refractivity contribution in [1.82, 2.24) is 14.8 Å². The molecule has 1 aliphatic heterocycles. The molecule has 1 aromatic heterocycles. The minimum atomic E-state index is -0.0731. The van der Waals surface area contributed by atoms with E-state index in [9.17, 15) is 4.79 Å². The number of nitrogens with one attached hydrogen (secondary N) is 2. The van der Waals surface area contributed by atoms with Crippen LogP contribution in [0.25, 0.3) is 11.4 Å². The summed E-state index contributed by atoms with van der Waals surface area (Å²) in [7, 11) is 1.63. The molecule has 9 heteroatoms. The molecule has 2 N–H and O–H groups in total. The van der Waals surface area contributed by atoms with E-state index < -0.39 is 0 Å². The van der Waals surface area contributed by atoms with Crippen molar-refractivity contribution in [2.24, 2.45) is 0 Å². The van der Waals surface area contributed by atoms with Gasteiger partial charge in [0.25, 0.3) is 0 Å². The van der Waals surface area contributed by atoms with Gasteiger partial charge in [-0.1, -0.05) is 0 Å². The minimum absolute atomic E-state index is 0.0731. The first kappa shape index (κ1) is 22.0. The third-order valence-corrected chi connectivity index (χ3v) is 5.84. The first-order chi connectivity index (χ1) is 15.5. The summed E-state index contributed by atoms with van der Waals surface area (Å²) in [5.74, 6) is 1.39. The van der Waals surface area contributed by atoms with Crippen molar-refractivity contribution in [2.75, 3.05) is 43.6 Å². The van der Waals surface area contributed by atoms with Gasteiger partial charge in [0.1, 0.15) is 5.75 Å². The third-order valence-electron chi connectivity index (χ3n) is 5.53. The van der Waals surface area contributed by atoms with Crippen molar-refractivity contribution in [3.63, 3.8) is 0 Å². The van der Waals surface area contributed by atoms with E-state index in [0.29, 0.717) is 17.1 Å². The van der Waals surface area contributed by atoms with Crippen molar-refractivity contribution in [1.29, 1.82) is 0 Å². The molecule has 2 aromatic carbocycles. The lowest BCUT2D eigenvalue weighted by atomic mass is 10.1. The number of carbonyl (C=O) groups is 1. The largest absolute Gasteiger partial charge is 0.497 e. The van der Waals surface area contributed by atoms with Gasteiger partial charge in [0.05, 0.1) is 20.3 Å². The van der Waals surface area contributed by atoms with E-state index in [1.54, 1.807) is 7.11 Å². The highest BCUT2D eigenvalue weighted by atomic mass is 32.1. The summed E-state index contributed by atoms with van der Waals surface area (Å²) >= 11 is 5.38. The number of morpholine rings is 1. The molecular weight excluding hydrogens is 426 g/mol. The van der Waals surface area contributed by atoms with E-state index in [0.717, 1.165) is 54.6 Å². The number of aromatic nitrogens is 3. The highest BCUT2D eigenvalue weighted by molar-refractivity contribution is 7.71. The van der Waals surface area contributed by atoms with Crippen molar-refractivity contribution in [3.05, 3.63) is 52.8 Å². The van der Waals surface area contributed by atoms with Gasteiger partial charge in [0.15, 0.2) is 10.6 Å².